The van der Waals surface area contributed by atoms with E-state index in [0.29, 0.717) is 15.7 Å². The molecule has 138 valence electrons. The minimum atomic E-state index is -0.446. The van der Waals surface area contributed by atoms with E-state index in [2.05, 4.69) is 26.0 Å². The summed E-state index contributed by atoms with van der Waals surface area (Å²) in [5.74, 6) is -0.409. The maximum Gasteiger partial charge on any atom is 0.300 e. The Morgan fingerprint density at radius 2 is 1.89 bits per heavy atom. The zero-order valence-corrected chi connectivity index (χ0v) is 15.7. The molecule has 8 nitrogen and oxygen atoms in total. The van der Waals surface area contributed by atoms with Crippen molar-refractivity contribution in [2.45, 2.75) is 6.92 Å². The minimum Gasteiger partial charge on any atom is -0.290 e. The molecule has 0 spiro atoms. The lowest BCUT2D eigenvalue weighted by atomic mass is 10.3. The molecule has 0 saturated carbocycles. The van der Waals surface area contributed by atoms with Crippen molar-refractivity contribution in [2.24, 2.45) is 10.2 Å². The second-order valence-electron chi connectivity index (χ2n) is 5.32. The van der Waals surface area contributed by atoms with Crippen molar-refractivity contribution in [1.29, 1.82) is 0 Å². The van der Waals surface area contributed by atoms with Gasteiger partial charge in [0.05, 0.1) is 15.9 Å². The molecule has 0 fully saturated rings. The molecule has 0 bridgehead atoms. The molecule has 0 saturated heterocycles. The summed E-state index contributed by atoms with van der Waals surface area (Å²) in [5, 5.41) is 18.1. The third kappa shape index (κ3) is 4.79. The van der Waals surface area contributed by atoms with Crippen LogP contribution in [0.4, 0.5) is 5.69 Å². The van der Waals surface area contributed by atoms with Gasteiger partial charge in [0, 0.05) is 5.02 Å². The van der Waals surface area contributed by atoms with Gasteiger partial charge in [0.2, 0.25) is 0 Å². The van der Waals surface area contributed by atoms with Crippen LogP contribution in [0.5, 0.6) is 0 Å². The number of amides is 1. The van der Waals surface area contributed by atoms with Crippen molar-refractivity contribution in [3.8, 4) is 0 Å². The first-order valence-electron chi connectivity index (χ1n) is 7.77. The summed E-state index contributed by atoms with van der Waals surface area (Å²) >= 11 is 7.09. The van der Waals surface area contributed by atoms with Crippen LogP contribution in [0.15, 0.2) is 58.7 Å². The number of halogens is 1. The molecule has 0 unspecified atom stereocenters. The van der Waals surface area contributed by atoms with E-state index in [-0.39, 0.29) is 11.5 Å². The monoisotopic (exact) mass is 402 g/mol. The highest BCUT2D eigenvalue weighted by Gasteiger charge is 2.12. The molecule has 10 heteroatoms. The third-order valence-electron chi connectivity index (χ3n) is 3.40. The standard InChI is InChI=1S/C17H15ClN6O2S/c1-10(15(24-26)22-21-12-8-6-11(18)7-9-12)20-23-16(25)17-19-13-4-2-3-5-14(13)27-17/h2-9,21,26H,1H3,(H,22,24)(H,23,25)/b20-10+. The van der Waals surface area contributed by atoms with E-state index in [4.69, 9.17) is 11.6 Å². The number of hydroxylamine groups is 1. The van der Waals surface area contributed by atoms with Crippen molar-refractivity contribution in [2.75, 3.05) is 5.43 Å². The Morgan fingerprint density at radius 3 is 2.59 bits per heavy atom. The van der Waals surface area contributed by atoms with E-state index in [9.17, 15) is 10.0 Å². The van der Waals surface area contributed by atoms with Crippen LogP contribution in [0.1, 0.15) is 16.7 Å². The number of hydrazone groups is 2. The molecule has 0 aliphatic rings. The predicted molar refractivity (Wildman–Crippen MR) is 108 cm³/mol. The molecule has 1 heterocycles. The van der Waals surface area contributed by atoms with Gasteiger partial charge in [0.15, 0.2) is 10.8 Å². The van der Waals surface area contributed by atoms with Crippen LogP contribution in [0.25, 0.3) is 10.2 Å². The molecule has 0 aliphatic carbocycles. The highest BCUT2D eigenvalue weighted by molar-refractivity contribution is 7.20. The molecule has 1 amide bonds. The summed E-state index contributed by atoms with van der Waals surface area (Å²) in [5.41, 5.74) is 8.75. The Labute approximate surface area is 163 Å². The number of fused-ring (bicyclic) bond motifs is 1. The number of hydrogen-bond acceptors (Lipinski definition) is 7. The topological polar surface area (TPSA) is 111 Å². The number of carbonyl (C=O) groups excluding carboxylic acids is 1. The maximum atomic E-state index is 12.2. The second kappa shape index (κ2) is 8.58. The zero-order valence-electron chi connectivity index (χ0n) is 14.1. The molecule has 0 atom stereocenters. The summed E-state index contributed by atoms with van der Waals surface area (Å²) in [4.78, 5) is 16.5. The van der Waals surface area contributed by atoms with Crippen LogP contribution in [-0.4, -0.2) is 27.6 Å². The highest BCUT2D eigenvalue weighted by atomic mass is 35.5. The van der Waals surface area contributed by atoms with Gasteiger partial charge in [0.25, 0.3) is 5.91 Å². The van der Waals surface area contributed by atoms with Gasteiger partial charge in [-0.15, -0.1) is 11.3 Å². The van der Waals surface area contributed by atoms with Crippen LogP contribution < -0.4 is 16.3 Å². The van der Waals surface area contributed by atoms with Crippen LogP contribution in [0, 0.1) is 0 Å². The number of carbonyl (C=O) groups is 1. The number of aromatic nitrogens is 1. The summed E-state index contributed by atoms with van der Waals surface area (Å²) in [6.45, 7) is 1.57. The smallest absolute Gasteiger partial charge is 0.290 e. The van der Waals surface area contributed by atoms with Gasteiger partial charge in [-0.3, -0.25) is 15.4 Å². The number of rotatable bonds is 5. The zero-order chi connectivity index (χ0) is 19.2. The van der Waals surface area contributed by atoms with Gasteiger partial charge in [-0.25, -0.2) is 15.9 Å². The van der Waals surface area contributed by atoms with Crippen molar-refractivity contribution in [1.82, 2.24) is 15.9 Å². The van der Waals surface area contributed by atoms with Gasteiger partial charge in [-0.2, -0.15) is 10.2 Å². The molecular weight excluding hydrogens is 388 g/mol. The van der Waals surface area contributed by atoms with E-state index in [1.165, 1.54) is 11.3 Å². The number of thiazole rings is 1. The largest absolute Gasteiger partial charge is 0.300 e. The van der Waals surface area contributed by atoms with E-state index in [1.54, 1.807) is 31.2 Å². The van der Waals surface area contributed by atoms with Crippen LogP contribution in [-0.2, 0) is 0 Å². The van der Waals surface area contributed by atoms with E-state index >= 15 is 0 Å². The van der Waals surface area contributed by atoms with Crippen molar-refractivity contribution < 1.29 is 10.0 Å². The molecule has 0 aliphatic heterocycles. The van der Waals surface area contributed by atoms with Crippen molar-refractivity contribution >= 4 is 56.3 Å². The van der Waals surface area contributed by atoms with E-state index in [0.717, 1.165) is 10.2 Å². The van der Waals surface area contributed by atoms with Crippen LogP contribution in [0.2, 0.25) is 5.02 Å². The Kier molecular flexibility index (Phi) is 5.97. The first kappa shape index (κ1) is 18.8. The first-order chi connectivity index (χ1) is 13.1. The fraction of sp³-hybridized carbons (Fsp3) is 0.0588. The molecule has 2 aromatic carbocycles. The highest BCUT2D eigenvalue weighted by Crippen LogP contribution is 2.21. The average molecular weight is 403 g/mol. The third-order valence-corrected chi connectivity index (χ3v) is 4.69. The average Bonchev–Trinajstić information content (AvgIpc) is 3.12. The van der Waals surface area contributed by atoms with Gasteiger partial charge < -0.3 is 0 Å². The number of hydrogen-bond donors (Lipinski definition) is 4. The van der Waals surface area contributed by atoms with Crippen molar-refractivity contribution in [3.05, 3.63) is 58.6 Å². The summed E-state index contributed by atoms with van der Waals surface area (Å²) in [6, 6.07) is 14.3. The number of amidine groups is 1. The Morgan fingerprint density at radius 1 is 1.15 bits per heavy atom. The fourth-order valence-electron chi connectivity index (χ4n) is 2.04. The molecular formula is C17H15ClN6O2S. The number of nitrogens with zero attached hydrogens (tertiary/aromatic N) is 3. The number of benzene rings is 2. The molecule has 3 rings (SSSR count). The Hall–Kier alpha value is -3.01. The number of nitrogens with one attached hydrogen (secondary N) is 3. The summed E-state index contributed by atoms with van der Waals surface area (Å²) in [6.07, 6.45) is 0. The van der Waals surface area contributed by atoms with Crippen molar-refractivity contribution in [3.63, 3.8) is 0 Å². The van der Waals surface area contributed by atoms with Gasteiger partial charge in [0.1, 0.15) is 5.71 Å². The molecule has 27 heavy (non-hydrogen) atoms. The Balaban J connectivity index is 1.67. The number of anilines is 1. The molecule has 3 aromatic rings. The lowest BCUT2D eigenvalue weighted by Crippen LogP contribution is -2.30. The first-order valence-corrected chi connectivity index (χ1v) is 8.96. The maximum absolute atomic E-state index is 12.2. The SMILES string of the molecule is CC(=N\NC(=O)c1nc2ccccc2s1)/C(=N/Nc1ccc(Cl)cc1)NO. The molecule has 4 N–H and O–H groups in total. The summed E-state index contributed by atoms with van der Waals surface area (Å²) < 4.78 is 0.912. The second-order valence-corrected chi connectivity index (χ2v) is 6.78. The Bertz CT molecular complexity index is 983. The fourth-order valence-corrected chi connectivity index (χ4v) is 3.02. The minimum absolute atomic E-state index is 0.0366. The van der Waals surface area contributed by atoms with Gasteiger partial charge in [-0.05, 0) is 43.3 Å². The lowest BCUT2D eigenvalue weighted by Gasteiger charge is -2.06. The molecule has 0 radical (unpaired) electrons. The van der Waals surface area contributed by atoms with Gasteiger partial charge in [-0.1, -0.05) is 23.7 Å². The predicted octanol–water partition coefficient (Wildman–Crippen LogP) is 3.46. The molecule has 1 aromatic heterocycles. The van der Waals surface area contributed by atoms with E-state index < -0.39 is 5.91 Å². The number of para-hydroxylation sites is 1. The van der Waals surface area contributed by atoms with E-state index in [1.807, 2.05) is 29.7 Å². The van der Waals surface area contributed by atoms with Gasteiger partial charge >= 0.3 is 0 Å². The van der Waals surface area contributed by atoms with Crippen LogP contribution in [0.3, 0.4) is 0 Å². The lowest BCUT2D eigenvalue weighted by molar-refractivity contribution is 0.0954. The summed E-state index contributed by atoms with van der Waals surface area (Å²) in [7, 11) is 0. The quantitative estimate of drug-likeness (QED) is 0.296. The normalized spacial score (nSPS) is 12.1. The van der Waals surface area contributed by atoms with Crippen LogP contribution >= 0.6 is 22.9 Å².